The fourth-order valence-corrected chi connectivity index (χ4v) is 2.64. The minimum Gasteiger partial charge on any atom is -0.324 e. The van der Waals surface area contributed by atoms with Crippen LogP contribution in [0.25, 0.3) is 0 Å². The van der Waals surface area contributed by atoms with Gasteiger partial charge < -0.3 is 5.32 Å². The van der Waals surface area contributed by atoms with E-state index in [0.29, 0.717) is 5.69 Å². The lowest BCUT2D eigenvalue weighted by atomic mass is 10.3. The molecule has 7 heteroatoms. The summed E-state index contributed by atoms with van der Waals surface area (Å²) in [5.41, 5.74) is 0.754. The molecule has 0 bridgehead atoms. The lowest BCUT2D eigenvalue weighted by Crippen LogP contribution is -2.14. The smallest absolute Gasteiger partial charge is 0.269 e. The molecule has 2 aromatic rings. The van der Waals surface area contributed by atoms with Crippen LogP contribution in [0.15, 0.2) is 57.9 Å². The minimum atomic E-state index is -0.450. The van der Waals surface area contributed by atoms with Gasteiger partial charge in [0.05, 0.1) is 16.4 Å². The molecular formula is C14H11BrN2O3S. The summed E-state index contributed by atoms with van der Waals surface area (Å²) >= 11 is 4.68. The van der Waals surface area contributed by atoms with Gasteiger partial charge in [-0.25, -0.2) is 0 Å². The van der Waals surface area contributed by atoms with Crippen molar-refractivity contribution >= 4 is 45.0 Å². The highest BCUT2D eigenvalue weighted by Crippen LogP contribution is 2.23. The van der Waals surface area contributed by atoms with Crippen LogP contribution in [-0.4, -0.2) is 16.6 Å². The Bertz CT molecular complexity index is 662. The second-order valence-electron chi connectivity index (χ2n) is 4.07. The van der Waals surface area contributed by atoms with E-state index in [1.165, 1.54) is 23.9 Å². The number of hydrogen-bond acceptors (Lipinski definition) is 4. The van der Waals surface area contributed by atoms with Gasteiger partial charge in [0.25, 0.3) is 5.69 Å². The molecule has 0 fully saturated rings. The van der Waals surface area contributed by atoms with Crippen LogP contribution < -0.4 is 5.32 Å². The van der Waals surface area contributed by atoms with E-state index in [1.807, 2.05) is 18.2 Å². The topological polar surface area (TPSA) is 72.2 Å². The number of amides is 1. The number of rotatable bonds is 5. The van der Waals surface area contributed by atoms with Crippen LogP contribution in [0, 0.1) is 10.1 Å². The second-order valence-corrected chi connectivity index (χ2v) is 5.97. The number of thioether (sulfide) groups is 1. The molecule has 2 aromatic carbocycles. The van der Waals surface area contributed by atoms with E-state index in [9.17, 15) is 14.9 Å². The molecule has 0 saturated carbocycles. The van der Waals surface area contributed by atoms with Gasteiger partial charge in [-0.15, -0.1) is 11.8 Å². The number of non-ortho nitro benzene ring substituents is 1. The molecule has 0 aliphatic carbocycles. The Labute approximate surface area is 134 Å². The summed E-state index contributed by atoms with van der Waals surface area (Å²) in [6.07, 6.45) is 0. The van der Waals surface area contributed by atoms with Crippen LogP contribution in [0.1, 0.15) is 0 Å². The van der Waals surface area contributed by atoms with Crippen molar-refractivity contribution in [2.75, 3.05) is 11.1 Å². The van der Waals surface area contributed by atoms with E-state index in [4.69, 9.17) is 0 Å². The number of anilines is 1. The Morgan fingerprint density at radius 2 is 1.86 bits per heavy atom. The van der Waals surface area contributed by atoms with Crippen molar-refractivity contribution in [1.29, 1.82) is 0 Å². The SMILES string of the molecule is O=C(CSc1ccc([N+](=O)[O-])cc1)Nc1ccccc1Br. The molecule has 5 nitrogen and oxygen atoms in total. The zero-order valence-corrected chi connectivity index (χ0v) is 13.2. The van der Waals surface area contributed by atoms with Crippen molar-refractivity contribution in [2.45, 2.75) is 4.90 Å². The first-order chi connectivity index (χ1) is 10.1. The molecule has 0 atom stereocenters. The van der Waals surface area contributed by atoms with Gasteiger partial charge in [-0.05, 0) is 40.2 Å². The zero-order valence-electron chi connectivity index (χ0n) is 10.8. The predicted octanol–water partition coefficient (Wildman–Crippen LogP) is 4.09. The Morgan fingerprint density at radius 3 is 2.48 bits per heavy atom. The third kappa shape index (κ3) is 4.57. The van der Waals surface area contributed by atoms with Crippen molar-refractivity contribution in [3.05, 3.63) is 63.1 Å². The number of carbonyl (C=O) groups excluding carboxylic acids is 1. The van der Waals surface area contributed by atoms with Crippen LogP contribution in [-0.2, 0) is 4.79 Å². The van der Waals surface area contributed by atoms with E-state index >= 15 is 0 Å². The highest BCUT2D eigenvalue weighted by molar-refractivity contribution is 9.10. The largest absolute Gasteiger partial charge is 0.324 e. The van der Waals surface area contributed by atoms with E-state index in [1.54, 1.807) is 18.2 Å². The molecule has 108 valence electrons. The quantitative estimate of drug-likeness (QED) is 0.491. The second kappa shape index (κ2) is 7.24. The molecule has 21 heavy (non-hydrogen) atoms. The lowest BCUT2D eigenvalue weighted by Gasteiger charge is -2.06. The molecule has 0 unspecified atom stereocenters. The fraction of sp³-hybridized carbons (Fsp3) is 0.0714. The average Bonchev–Trinajstić information content (AvgIpc) is 2.48. The molecule has 0 heterocycles. The molecule has 0 aromatic heterocycles. The van der Waals surface area contributed by atoms with Gasteiger partial charge in [-0.2, -0.15) is 0 Å². The van der Waals surface area contributed by atoms with Gasteiger partial charge >= 0.3 is 0 Å². The highest BCUT2D eigenvalue weighted by atomic mass is 79.9. The first kappa shape index (κ1) is 15.5. The number of hydrogen-bond donors (Lipinski definition) is 1. The standard InChI is InChI=1S/C14H11BrN2O3S/c15-12-3-1-2-4-13(12)16-14(18)9-21-11-7-5-10(6-8-11)17(19)20/h1-8H,9H2,(H,16,18). The summed E-state index contributed by atoms with van der Waals surface area (Å²) in [7, 11) is 0. The predicted molar refractivity (Wildman–Crippen MR) is 86.6 cm³/mol. The summed E-state index contributed by atoms with van der Waals surface area (Å²) < 4.78 is 0.818. The molecular weight excluding hydrogens is 356 g/mol. The molecule has 2 rings (SSSR count). The average molecular weight is 367 g/mol. The third-order valence-electron chi connectivity index (χ3n) is 2.57. The monoisotopic (exact) mass is 366 g/mol. The molecule has 0 saturated heterocycles. The number of halogens is 1. The van der Waals surface area contributed by atoms with Crippen molar-refractivity contribution in [2.24, 2.45) is 0 Å². The van der Waals surface area contributed by atoms with Crippen molar-refractivity contribution in [3.63, 3.8) is 0 Å². The number of nitro groups is 1. The third-order valence-corrected chi connectivity index (χ3v) is 4.27. The zero-order chi connectivity index (χ0) is 15.2. The van der Waals surface area contributed by atoms with Gasteiger partial charge in [0, 0.05) is 21.5 Å². The number of nitro benzene ring substituents is 1. The Balaban J connectivity index is 1.89. The lowest BCUT2D eigenvalue weighted by molar-refractivity contribution is -0.384. The van der Waals surface area contributed by atoms with Crippen molar-refractivity contribution in [1.82, 2.24) is 0 Å². The van der Waals surface area contributed by atoms with E-state index < -0.39 is 4.92 Å². The number of nitrogens with one attached hydrogen (secondary N) is 1. The normalized spacial score (nSPS) is 10.1. The van der Waals surface area contributed by atoms with Gasteiger partial charge in [-0.3, -0.25) is 14.9 Å². The number of carbonyl (C=O) groups is 1. The first-order valence-electron chi connectivity index (χ1n) is 5.98. The van der Waals surface area contributed by atoms with Crippen LogP contribution in [0.3, 0.4) is 0 Å². The number of benzene rings is 2. The summed E-state index contributed by atoms with van der Waals surface area (Å²) in [5.74, 6) is 0.101. The minimum absolute atomic E-state index is 0.0389. The highest BCUT2D eigenvalue weighted by Gasteiger charge is 2.08. The Morgan fingerprint density at radius 1 is 1.19 bits per heavy atom. The van der Waals surface area contributed by atoms with Crippen LogP contribution >= 0.6 is 27.7 Å². The summed E-state index contributed by atoms with van der Waals surface area (Å²) in [5, 5.41) is 13.3. The maximum atomic E-state index is 11.9. The molecule has 0 radical (unpaired) electrons. The van der Waals surface area contributed by atoms with Crippen molar-refractivity contribution < 1.29 is 9.72 Å². The molecule has 0 spiro atoms. The molecule has 1 N–H and O–H groups in total. The van der Waals surface area contributed by atoms with E-state index in [0.717, 1.165) is 9.37 Å². The summed E-state index contributed by atoms with van der Waals surface area (Å²) in [6.45, 7) is 0. The molecule has 0 aliphatic rings. The summed E-state index contributed by atoms with van der Waals surface area (Å²) in [4.78, 5) is 22.8. The maximum absolute atomic E-state index is 11.9. The van der Waals surface area contributed by atoms with Gasteiger partial charge in [0.2, 0.25) is 5.91 Å². The van der Waals surface area contributed by atoms with Crippen molar-refractivity contribution in [3.8, 4) is 0 Å². The fourth-order valence-electron chi connectivity index (χ4n) is 1.56. The van der Waals surface area contributed by atoms with Crippen LogP contribution in [0.5, 0.6) is 0 Å². The van der Waals surface area contributed by atoms with Gasteiger partial charge in [0.15, 0.2) is 0 Å². The number of nitrogens with zero attached hydrogens (tertiary/aromatic N) is 1. The van der Waals surface area contributed by atoms with E-state index in [2.05, 4.69) is 21.2 Å². The summed E-state index contributed by atoms with van der Waals surface area (Å²) in [6, 6.07) is 13.5. The van der Waals surface area contributed by atoms with Gasteiger partial charge in [0.1, 0.15) is 0 Å². The first-order valence-corrected chi connectivity index (χ1v) is 7.76. The Hall–Kier alpha value is -1.86. The van der Waals surface area contributed by atoms with Crippen LogP contribution in [0.4, 0.5) is 11.4 Å². The number of para-hydroxylation sites is 1. The molecule has 0 aliphatic heterocycles. The van der Waals surface area contributed by atoms with E-state index in [-0.39, 0.29) is 17.3 Å². The molecule has 1 amide bonds. The van der Waals surface area contributed by atoms with Gasteiger partial charge in [-0.1, -0.05) is 12.1 Å². The Kier molecular flexibility index (Phi) is 5.35. The van der Waals surface area contributed by atoms with Crippen LogP contribution in [0.2, 0.25) is 0 Å². The maximum Gasteiger partial charge on any atom is 0.269 e.